The molecule has 1 aromatic carbocycles. The second kappa shape index (κ2) is 4.12. The number of nitrogen functional groups attached to an aromatic ring is 1. The maximum absolute atomic E-state index is 5.74. The van der Waals surface area contributed by atoms with Crippen molar-refractivity contribution >= 4 is 5.69 Å². The molecule has 1 heterocycles. The first-order valence-electron chi connectivity index (χ1n) is 6.52. The van der Waals surface area contributed by atoms with E-state index in [0.29, 0.717) is 0 Å². The second-order valence-electron chi connectivity index (χ2n) is 5.06. The van der Waals surface area contributed by atoms with E-state index in [2.05, 4.69) is 34.2 Å². The predicted molar refractivity (Wildman–Crippen MR) is 71.2 cm³/mol. The van der Waals surface area contributed by atoms with Crippen LogP contribution < -0.4 is 5.73 Å². The molecule has 0 saturated heterocycles. The zero-order chi connectivity index (χ0) is 12.6. The molecule has 0 unspecified atom stereocenters. The minimum atomic E-state index is 0.0379. The van der Waals surface area contributed by atoms with Gasteiger partial charge in [-0.1, -0.05) is 19.1 Å². The molecule has 1 saturated carbocycles. The zero-order valence-electron chi connectivity index (χ0n) is 10.6. The van der Waals surface area contributed by atoms with Crippen LogP contribution in [0.1, 0.15) is 43.4 Å². The summed E-state index contributed by atoms with van der Waals surface area (Å²) in [6, 6.07) is 8.10. The van der Waals surface area contributed by atoms with Crippen LogP contribution in [0.25, 0.3) is 0 Å². The Labute approximate surface area is 107 Å². The van der Waals surface area contributed by atoms with E-state index in [-0.39, 0.29) is 5.41 Å². The Morgan fingerprint density at radius 1 is 1.28 bits per heavy atom. The Morgan fingerprint density at radius 3 is 2.61 bits per heavy atom. The highest BCUT2D eigenvalue weighted by molar-refractivity contribution is 5.46. The molecule has 0 spiro atoms. The van der Waals surface area contributed by atoms with Gasteiger partial charge in [-0.3, -0.25) is 5.10 Å². The molecule has 1 aromatic heterocycles. The third-order valence-electron chi connectivity index (χ3n) is 3.66. The minimum absolute atomic E-state index is 0.0379. The van der Waals surface area contributed by atoms with Gasteiger partial charge in [-0.25, -0.2) is 4.98 Å². The second-order valence-corrected chi connectivity index (χ2v) is 5.06. The number of nitrogens with two attached hydrogens (primary N) is 1. The quantitative estimate of drug-likeness (QED) is 0.809. The van der Waals surface area contributed by atoms with Gasteiger partial charge in [0.25, 0.3) is 0 Å². The highest BCUT2D eigenvalue weighted by Crippen LogP contribution is 2.52. The highest BCUT2D eigenvalue weighted by Gasteiger charge is 2.49. The van der Waals surface area contributed by atoms with Crippen molar-refractivity contribution in [3.05, 3.63) is 41.5 Å². The van der Waals surface area contributed by atoms with E-state index < -0.39 is 0 Å². The number of aromatic nitrogens is 3. The van der Waals surface area contributed by atoms with E-state index in [0.717, 1.165) is 43.0 Å². The Bertz CT molecular complexity index is 537. The zero-order valence-corrected chi connectivity index (χ0v) is 10.6. The van der Waals surface area contributed by atoms with Gasteiger partial charge < -0.3 is 5.73 Å². The maximum atomic E-state index is 5.74. The van der Waals surface area contributed by atoms with Crippen molar-refractivity contribution in [3.8, 4) is 0 Å². The summed E-state index contributed by atoms with van der Waals surface area (Å²) in [5.41, 5.74) is 7.85. The van der Waals surface area contributed by atoms with Crippen LogP contribution in [0.2, 0.25) is 0 Å². The molecule has 94 valence electrons. The van der Waals surface area contributed by atoms with Gasteiger partial charge in [-0.15, -0.1) is 0 Å². The minimum Gasteiger partial charge on any atom is -0.399 e. The normalized spacial score (nSPS) is 16.7. The lowest BCUT2D eigenvalue weighted by Gasteiger charge is -2.11. The smallest absolute Gasteiger partial charge is 0.161 e. The van der Waals surface area contributed by atoms with E-state index in [4.69, 9.17) is 5.73 Å². The summed E-state index contributed by atoms with van der Waals surface area (Å²) in [6.45, 7) is 2.15. The maximum Gasteiger partial charge on any atom is 0.161 e. The molecule has 18 heavy (non-hydrogen) atoms. The third kappa shape index (κ3) is 1.78. The molecule has 1 fully saturated rings. The fourth-order valence-corrected chi connectivity index (χ4v) is 2.43. The van der Waals surface area contributed by atoms with E-state index in [9.17, 15) is 0 Å². The Hall–Kier alpha value is -1.84. The largest absolute Gasteiger partial charge is 0.399 e. The van der Waals surface area contributed by atoms with Crippen molar-refractivity contribution in [2.24, 2.45) is 0 Å². The van der Waals surface area contributed by atoms with E-state index >= 15 is 0 Å². The first kappa shape index (κ1) is 11.3. The predicted octanol–water partition coefficient (Wildman–Crippen LogP) is 2.42. The van der Waals surface area contributed by atoms with Gasteiger partial charge >= 0.3 is 0 Å². The number of hydrogen-bond acceptors (Lipinski definition) is 3. The lowest BCUT2D eigenvalue weighted by atomic mass is 9.95. The summed E-state index contributed by atoms with van der Waals surface area (Å²) in [4.78, 5) is 4.64. The van der Waals surface area contributed by atoms with Gasteiger partial charge in [0.1, 0.15) is 5.82 Å². The van der Waals surface area contributed by atoms with Crippen LogP contribution >= 0.6 is 0 Å². The molecule has 0 atom stereocenters. The van der Waals surface area contributed by atoms with E-state index in [1.54, 1.807) is 0 Å². The van der Waals surface area contributed by atoms with Crippen molar-refractivity contribution < 1.29 is 0 Å². The monoisotopic (exact) mass is 242 g/mol. The number of rotatable bonds is 4. The van der Waals surface area contributed by atoms with Crippen LogP contribution in [0.5, 0.6) is 0 Å². The molecule has 1 aliphatic carbocycles. The molecule has 3 rings (SSSR count). The van der Waals surface area contributed by atoms with Gasteiger partial charge in [0.15, 0.2) is 5.82 Å². The lowest BCUT2D eigenvalue weighted by molar-refractivity contribution is 0.760. The first-order valence-corrected chi connectivity index (χ1v) is 6.52. The summed E-state index contributed by atoms with van der Waals surface area (Å²) >= 11 is 0. The Kier molecular flexibility index (Phi) is 2.58. The number of nitrogens with one attached hydrogen (secondary N) is 1. The van der Waals surface area contributed by atoms with Crippen LogP contribution in [-0.2, 0) is 11.8 Å². The topological polar surface area (TPSA) is 67.6 Å². The third-order valence-corrected chi connectivity index (χ3v) is 3.66. The van der Waals surface area contributed by atoms with Gasteiger partial charge in [0.2, 0.25) is 0 Å². The summed E-state index contributed by atoms with van der Waals surface area (Å²) in [6.07, 6.45) is 4.30. The molecule has 1 aliphatic rings. The van der Waals surface area contributed by atoms with Crippen molar-refractivity contribution in [2.75, 3.05) is 5.73 Å². The number of nitrogens with zero attached hydrogens (tertiary/aromatic N) is 2. The molecular formula is C14H18N4. The fraction of sp³-hybridized carbons (Fsp3) is 0.429. The number of aromatic amines is 1. The van der Waals surface area contributed by atoms with E-state index in [1.807, 2.05) is 12.1 Å². The van der Waals surface area contributed by atoms with Gasteiger partial charge in [-0.2, -0.15) is 5.10 Å². The number of hydrogen-bond donors (Lipinski definition) is 2. The fourth-order valence-electron chi connectivity index (χ4n) is 2.43. The van der Waals surface area contributed by atoms with Crippen LogP contribution in [0, 0.1) is 0 Å². The summed E-state index contributed by atoms with van der Waals surface area (Å²) in [5, 5.41) is 7.45. The molecule has 0 aliphatic heterocycles. The number of benzene rings is 1. The number of H-pyrrole nitrogens is 1. The van der Waals surface area contributed by atoms with E-state index in [1.165, 1.54) is 5.56 Å². The molecule has 2 aromatic rings. The molecule has 0 amide bonds. The average molecular weight is 242 g/mol. The number of aryl methyl sites for hydroxylation is 1. The first-order chi connectivity index (χ1) is 8.74. The SMILES string of the molecule is CCCc1nc(C2(c3ccc(N)cc3)CC2)n[nH]1. The van der Waals surface area contributed by atoms with Crippen LogP contribution in [-0.4, -0.2) is 15.2 Å². The van der Waals surface area contributed by atoms with Gasteiger partial charge in [0, 0.05) is 12.1 Å². The molecule has 3 N–H and O–H groups in total. The summed E-state index contributed by atoms with van der Waals surface area (Å²) < 4.78 is 0. The Balaban J connectivity index is 1.91. The summed E-state index contributed by atoms with van der Waals surface area (Å²) in [5.74, 6) is 1.94. The summed E-state index contributed by atoms with van der Waals surface area (Å²) in [7, 11) is 0. The van der Waals surface area contributed by atoms with Crippen LogP contribution in [0.4, 0.5) is 5.69 Å². The molecule has 0 bridgehead atoms. The van der Waals surface area contributed by atoms with Crippen LogP contribution in [0.3, 0.4) is 0 Å². The molecule has 0 radical (unpaired) electrons. The standard InChI is InChI=1S/C14H18N4/c1-2-3-12-16-13(18-17-12)14(8-9-14)10-4-6-11(15)7-5-10/h4-7H,2-3,8-9,15H2,1H3,(H,16,17,18). The van der Waals surface area contributed by atoms with Gasteiger partial charge in [-0.05, 0) is 37.0 Å². The van der Waals surface area contributed by atoms with Crippen LogP contribution in [0.15, 0.2) is 24.3 Å². The highest BCUT2D eigenvalue weighted by atomic mass is 15.2. The van der Waals surface area contributed by atoms with Gasteiger partial charge in [0.05, 0.1) is 5.41 Å². The van der Waals surface area contributed by atoms with Crippen molar-refractivity contribution in [3.63, 3.8) is 0 Å². The average Bonchev–Trinajstić information content (AvgIpc) is 3.05. The van der Waals surface area contributed by atoms with Crippen molar-refractivity contribution in [2.45, 2.75) is 38.0 Å². The molecule has 4 heteroatoms. The lowest BCUT2D eigenvalue weighted by Crippen LogP contribution is -2.11. The van der Waals surface area contributed by atoms with Crippen molar-refractivity contribution in [1.29, 1.82) is 0 Å². The van der Waals surface area contributed by atoms with Crippen molar-refractivity contribution in [1.82, 2.24) is 15.2 Å². The molecular weight excluding hydrogens is 224 g/mol. The number of anilines is 1. The molecule has 4 nitrogen and oxygen atoms in total. The Morgan fingerprint density at radius 2 is 2.00 bits per heavy atom.